The van der Waals surface area contributed by atoms with Crippen LogP contribution in [0.25, 0.3) is 0 Å². The van der Waals surface area contributed by atoms with E-state index < -0.39 is 6.10 Å². The van der Waals surface area contributed by atoms with Crippen LogP contribution in [0.3, 0.4) is 0 Å². The Morgan fingerprint density at radius 1 is 1.50 bits per heavy atom. The zero-order valence-corrected chi connectivity index (χ0v) is 14.5. The van der Waals surface area contributed by atoms with Gasteiger partial charge in [0.05, 0.1) is 23.9 Å². The highest BCUT2D eigenvalue weighted by Crippen LogP contribution is 2.26. The number of aliphatic imine (C=N–C) groups is 1. The Hall–Kier alpha value is -1.31. The zero-order valence-electron chi connectivity index (χ0n) is 12.9. The third-order valence-electron chi connectivity index (χ3n) is 2.86. The fourth-order valence-electron chi connectivity index (χ4n) is 1.65. The first-order valence-corrected chi connectivity index (χ1v) is 8.20. The molecule has 8 heteroatoms. The number of nitrogens with zero attached hydrogens (tertiary/aromatic N) is 1. The van der Waals surface area contributed by atoms with Crippen molar-refractivity contribution in [2.45, 2.75) is 20.0 Å². The molecule has 0 saturated heterocycles. The summed E-state index contributed by atoms with van der Waals surface area (Å²) in [5.74, 6) is -0.0747. The highest BCUT2D eigenvalue weighted by molar-refractivity contribution is 7.16. The summed E-state index contributed by atoms with van der Waals surface area (Å²) in [6.45, 7) is 4.98. The fourth-order valence-corrected chi connectivity index (χ4v) is 2.69. The van der Waals surface area contributed by atoms with Crippen LogP contribution in [0.2, 0.25) is 4.34 Å². The van der Waals surface area contributed by atoms with E-state index in [1.807, 2.05) is 6.92 Å². The number of thiophene rings is 1. The van der Waals surface area contributed by atoms with Crippen molar-refractivity contribution < 1.29 is 14.6 Å². The smallest absolute Gasteiger partial charge is 0.310 e. The third-order valence-corrected chi connectivity index (χ3v) is 4.19. The zero-order chi connectivity index (χ0) is 16.5. The van der Waals surface area contributed by atoms with E-state index in [-0.39, 0.29) is 11.9 Å². The van der Waals surface area contributed by atoms with E-state index in [4.69, 9.17) is 11.6 Å². The molecular weight excluding hydrogens is 326 g/mol. The Kier molecular flexibility index (Phi) is 8.22. The van der Waals surface area contributed by atoms with Crippen molar-refractivity contribution in [3.05, 3.63) is 21.3 Å². The molecule has 1 rings (SSSR count). The topological polar surface area (TPSA) is 83.0 Å². The molecule has 0 spiro atoms. The van der Waals surface area contributed by atoms with Crippen molar-refractivity contribution in [3.63, 3.8) is 0 Å². The predicted molar refractivity (Wildman–Crippen MR) is 89.5 cm³/mol. The van der Waals surface area contributed by atoms with Gasteiger partial charge in [-0.25, -0.2) is 0 Å². The number of ether oxygens (including phenoxy) is 1. The average molecular weight is 348 g/mol. The van der Waals surface area contributed by atoms with Gasteiger partial charge >= 0.3 is 5.97 Å². The number of methoxy groups -OCH3 is 1. The summed E-state index contributed by atoms with van der Waals surface area (Å²) in [6, 6.07) is 3.55. The van der Waals surface area contributed by atoms with Gasteiger partial charge in [-0.3, -0.25) is 9.79 Å². The quantitative estimate of drug-likeness (QED) is 0.398. The summed E-state index contributed by atoms with van der Waals surface area (Å²) in [4.78, 5) is 16.5. The monoisotopic (exact) mass is 347 g/mol. The van der Waals surface area contributed by atoms with Gasteiger partial charge in [0.1, 0.15) is 6.10 Å². The number of aliphatic hydroxyl groups excluding tert-OH is 1. The normalized spacial score (nSPS) is 14.3. The predicted octanol–water partition coefficient (Wildman–Crippen LogP) is 1.80. The lowest BCUT2D eigenvalue weighted by Crippen LogP contribution is -2.39. The maximum atomic E-state index is 11.4. The minimum absolute atomic E-state index is 0.298. The molecule has 3 N–H and O–H groups in total. The molecule has 2 atom stereocenters. The summed E-state index contributed by atoms with van der Waals surface area (Å²) in [5.41, 5.74) is 0. The third kappa shape index (κ3) is 6.21. The van der Waals surface area contributed by atoms with E-state index in [0.717, 1.165) is 4.88 Å². The molecule has 0 aliphatic rings. The molecule has 0 aliphatic carbocycles. The molecule has 1 aromatic rings. The number of hydrogen-bond donors (Lipinski definition) is 3. The molecule has 0 radical (unpaired) electrons. The Morgan fingerprint density at radius 2 is 2.23 bits per heavy atom. The van der Waals surface area contributed by atoms with Crippen molar-refractivity contribution >= 4 is 34.9 Å². The van der Waals surface area contributed by atoms with Crippen LogP contribution in [0.1, 0.15) is 24.8 Å². The highest BCUT2D eigenvalue weighted by atomic mass is 35.5. The molecule has 0 aliphatic heterocycles. The summed E-state index contributed by atoms with van der Waals surface area (Å²) in [5, 5.41) is 16.2. The molecule has 124 valence electrons. The number of rotatable bonds is 7. The Bertz CT molecular complexity index is 507. The minimum atomic E-state index is -0.667. The molecule has 1 aromatic heterocycles. The number of guanidine groups is 1. The summed E-state index contributed by atoms with van der Waals surface area (Å²) < 4.78 is 5.30. The molecule has 0 bridgehead atoms. The largest absolute Gasteiger partial charge is 0.469 e. The van der Waals surface area contributed by atoms with E-state index in [0.29, 0.717) is 29.9 Å². The average Bonchev–Trinajstić information content (AvgIpc) is 2.95. The second kappa shape index (κ2) is 9.66. The molecule has 6 nitrogen and oxygen atoms in total. The van der Waals surface area contributed by atoms with Gasteiger partial charge in [0.15, 0.2) is 5.96 Å². The Morgan fingerprint density at radius 3 is 2.77 bits per heavy atom. The molecule has 1 heterocycles. The second-order valence-electron chi connectivity index (χ2n) is 4.68. The van der Waals surface area contributed by atoms with E-state index >= 15 is 0 Å². The second-order valence-corrected chi connectivity index (χ2v) is 6.43. The van der Waals surface area contributed by atoms with Gasteiger partial charge < -0.3 is 20.5 Å². The SMILES string of the molecule is CCNC(=NCC(C)C(=O)OC)NCC(O)c1ccc(Cl)s1. The van der Waals surface area contributed by atoms with Crippen molar-refractivity contribution in [1.29, 1.82) is 0 Å². The standard InChI is InChI=1S/C14H22ClN3O3S/c1-4-16-14(17-7-9(2)13(20)21-3)18-8-10(19)11-5-6-12(15)22-11/h5-6,9-10,19H,4,7-8H2,1-3H3,(H2,16,17,18). The Labute approximate surface area is 139 Å². The molecular formula is C14H22ClN3O3S. The van der Waals surface area contributed by atoms with Crippen molar-refractivity contribution in [3.8, 4) is 0 Å². The van der Waals surface area contributed by atoms with Crippen LogP contribution in [0.4, 0.5) is 0 Å². The number of carbonyl (C=O) groups excluding carboxylic acids is 1. The van der Waals surface area contributed by atoms with Crippen LogP contribution in [0.15, 0.2) is 17.1 Å². The van der Waals surface area contributed by atoms with Crippen molar-refractivity contribution in [2.75, 3.05) is 26.7 Å². The molecule has 0 fully saturated rings. The lowest BCUT2D eigenvalue weighted by molar-refractivity contribution is -0.144. The highest BCUT2D eigenvalue weighted by Gasteiger charge is 2.14. The van der Waals surface area contributed by atoms with Crippen LogP contribution in [0, 0.1) is 5.92 Å². The number of halogens is 1. The maximum Gasteiger partial charge on any atom is 0.310 e. The Balaban J connectivity index is 2.54. The molecule has 2 unspecified atom stereocenters. The van der Waals surface area contributed by atoms with E-state index in [1.54, 1.807) is 19.1 Å². The van der Waals surface area contributed by atoms with Crippen LogP contribution in [0.5, 0.6) is 0 Å². The first kappa shape index (κ1) is 18.7. The number of hydrogen-bond acceptors (Lipinski definition) is 5. The first-order chi connectivity index (χ1) is 10.5. The van der Waals surface area contributed by atoms with Gasteiger partial charge in [0.25, 0.3) is 0 Å². The van der Waals surface area contributed by atoms with Gasteiger partial charge in [-0.15, -0.1) is 11.3 Å². The maximum absolute atomic E-state index is 11.4. The lowest BCUT2D eigenvalue weighted by atomic mass is 10.2. The van der Waals surface area contributed by atoms with Crippen LogP contribution in [-0.4, -0.2) is 43.8 Å². The number of esters is 1. The number of aliphatic hydroxyl groups is 1. The van der Waals surface area contributed by atoms with E-state index in [9.17, 15) is 9.90 Å². The number of nitrogens with one attached hydrogen (secondary N) is 2. The van der Waals surface area contributed by atoms with Crippen molar-refractivity contribution in [2.24, 2.45) is 10.9 Å². The van der Waals surface area contributed by atoms with Crippen molar-refractivity contribution in [1.82, 2.24) is 10.6 Å². The van der Waals surface area contributed by atoms with Crippen LogP contribution < -0.4 is 10.6 Å². The molecule has 0 aromatic carbocycles. The molecule has 0 saturated carbocycles. The van der Waals surface area contributed by atoms with Gasteiger partial charge in [-0.05, 0) is 19.1 Å². The molecule has 0 amide bonds. The van der Waals surface area contributed by atoms with Crippen LogP contribution in [-0.2, 0) is 9.53 Å². The van der Waals surface area contributed by atoms with Gasteiger partial charge in [0, 0.05) is 18.0 Å². The fraction of sp³-hybridized carbons (Fsp3) is 0.571. The van der Waals surface area contributed by atoms with Gasteiger partial charge in [-0.1, -0.05) is 18.5 Å². The number of carbonyl (C=O) groups is 1. The summed E-state index contributed by atoms with van der Waals surface area (Å²) in [6.07, 6.45) is -0.667. The lowest BCUT2D eigenvalue weighted by Gasteiger charge is -2.15. The summed E-state index contributed by atoms with van der Waals surface area (Å²) in [7, 11) is 1.36. The van der Waals surface area contributed by atoms with E-state index in [2.05, 4.69) is 20.4 Å². The van der Waals surface area contributed by atoms with Gasteiger partial charge in [0.2, 0.25) is 0 Å². The van der Waals surface area contributed by atoms with E-state index in [1.165, 1.54) is 18.4 Å². The first-order valence-electron chi connectivity index (χ1n) is 7.01. The summed E-state index contributed by atoms with van der Waals surface area (Å²) >= 11 is 7.19. The molecule has 22 heavy (non-hydrogen) atoms. The minimum Gasteiger partial charge on any atom is -0.469 e. The van der Waals surface area contributed by atoms with Gasteiger partial charge in [-0.2, -0.15) is 0 Å². The van der Waals surface area contributed by atoms with Crippen LogP contribution >= 0.6 is 22.9 Å².